The van der Waals surface area contributed by atoms with E-state index < -0.39 is 20.4 Å². The first-order chi connectivity index (χ1) is 4.33. The molecule has 5 nitrogen and oxygen atoms in total. The summed E-state index contributed by atoms with van der Waals surface area (Å²) in [6, 6.07) is -1.09. The van der Waals surface area contributed by atoms with Gasteiger partial charge in [-0.15, -0.1) is 0 Å². The number of carboxylic acids is 1. The van der Waals surface area contributed by atoms with Gasteiger partial charge in [-0.2, -0.15) is 0 Å². The molecule has 59 valence electrons. The summed E-state index contributed by atoms with van der Waals surface area (Å²) in [6.07, 6.45) is 0. The third kappa shape index (κ3) is 4.76. The van der Waals surface area contributed by atoms with Crippen molar-refractivity contribution in [2.45, 2.75) is 13.0 Å². The van der Waals surface area contributed by atoms with E-state index in [1.54, 1.807) is 15.2 Å². The first-order valence-corrected chi connectivity index (χ1v) is 5.26. The number of carboxylic acid groups (broad SMARTS) is 1. The summed E-state index contributed by atoms with van der Waals surface area (Å²) in [6.45, 7) is 1.23. The monoisotopic (exact) mass is 204 g/mol. The van der Waals surface area contributed by atoms with Crippen LogP contribution in [-0.2, 0) is 28.3 Å². The van der Waals surface area contributed by atoms with Crippen LogP contribution >= 0.6 is 0 Å². The molecule has 0 radical (unpaired) electrons. The Morgan fingerprint density at radius 2 is 2.10 bits per heavy atom. The number of nitrogens with one attached hydrogen (secondary N) is 1. The van der Waals surface area contributed by atoms with Crippen LogP contribution in [0.5, 0.6) is 0 Å². The summed E-state index contributed by atoms with van der Waals surface area (Å²) < 4.78 is 22.5. The molecular weight excluding hydrogens is 198 g/mol. The number of aliphatic carboxylic acids is 1. The molecule has 0 fully saturated rings. The SMILES string of the molecule is CC(N[S](=O)(=O)[Cr])C(=O)O. The van der Waals surface area contributed by atoms with Gasteiger partial charge >= 0.3 is 65.5 Å². The van der Waals surface area contributed by atoms with Crippen molar-refractivity contribution in [3.63, 3.8) is 0 Å². The van der Waals surface area contributed by atoms with Crippen molar-refractivity contribution in [3.8, 4) is 0 Å². The van der Waals surface area contributed by atoms with Crippen molar-refractivity contribution in [1.82, 2.24) is 4.72 Å². The van der Waals surface area contributed by atoms with E-state index >= 15 is 0 Å². The summed E-state index contributed by atoms with van der Waals surface area (Å²) in [5.74, 6) is -1.21. The molecule has 10 heavy (non-hydrogen) atoms. The zero-order chi connectivity index (χ0) is 8.36. The van der Waals surface area contributed by atoms with Gasteiger partial charge in [0.15, 0.2) is 0 Å². The molecule has 0 aromatic heterocycles. The Morgan fingerprint density at radius 3 is 2.20 bits per heavy atom. The van der Waals surface area contributed by atoms with E-state index in [9.17, 15) is 13.2 Å². The quantitative estimate of drug-likeness (QED) is 0.607. The molecule has 0 aromatic carbocycles. The van der Waals surface area contributed by atoms with Crippen molar-refractivity contribution >= 4 is 14.4 Å². The van der Waals surface area contributed by atoms with Gasteiger partial charge in [0.2, 0.25) is 0 Å². The van der Waals surface area contributed by atoms with Gasteiger partial charge in [0, 0.05) is 0 Å². The third-order valence-corrected chi connectivity index (χ3v) is 1.78. The summed E-state index contributed by atoms with van der Waals surface area (Å²) in [5, 5.41) is 8.20. The second-order valence-electron chi connectivity index (χ2n) is 1.63. The number of hydrogen-bond acceptors (Lipinski definition) is 3. The molecule has 0 saturated carbocycles. The summed E-state index contributed by atoms with van der Waals surface area (Å²) in [5.41, 5.74) is 0. The molecule has 0 rings (SSSR count). The van der Waals surface area contributed by atoms with Crippen molar-refractivity contribution in [3.05, 3.63) is 0 Å². The number of carbonyl (C=O) groups is 1. The van der Waals surface area contributed by atoms with E-state index in [1.165, 1.54) is 6.92 Å². The second kappa shape index (κ2) is 3.35. The van der Waals surface area contributed by atoms with Crippen molar-refractivity contribution in [2.24, 2.45) is 0 Å². The minimum absolute atomic E-state index is 1.09. The van der Waals surface area contributed by atoms with Crippen LogP contribution in [0.15, 0.2) is 0 Å². The Balaban J connectivity index is 4.06. The van der Waals surface area contributed by atoms with E-state index in [-0.39, 0.29) is 0 Å². The van der Waals surface area contributed by atoms with Crippen LogP contribution < -0.4 is 4.72 Å². The van der Waals surface area contributed by atoms with Crippen molar-refractivity contribution in [1.29, 1.82) is 0 Å². The van der Waals surface area contributed by atoms with E-state index in [0.29, 0.717) is 0 Å². The maximum absolute atomic E-state index is 10.3. The summed E-state index contributed by atoms with van der Waals surface area (Å²) >= 11 is 1.80. The molecular formula is C3H6CrNO4S. The Morgan fingerprint density at radius 1 is 1.70 bits per heavy atom. The molecule has 2 N–H and O–H groups in total. The standard InChI is InChI=1S/C3H6NO4S.Cr/c1-2(3(5)6)4-9(7)8;/h2H,1H3,(H,5,6)(H,4,7,8);. The normalized spacial score (nSPS) is 14.5. The molecule has 0 spiro atoms. The summed E-state index contributed by atoms with van der Waals surface area (Å²) in [7, 11) is -3.52. The Hall–Kier alpha value is -0.0875. The minimum atomic E-state index is -3.52. The average molecular weight is 204 g/mol. The van der Waals surface area contributed by atoms with Crippen LogP contribution in [0.3, 0.4) is 0 Å². The molecule has 7 heteroatoms. The van der Waals surface area contributed by atoms with Crippen LogP contribution in [0.2, 0.25) is 0 Å². The maximum atomic E-state index is 10.3. The molecule has 1 atom stereocenters. The zero-order valence-electron chi connectivity index (χ0n) is 5.07. The van der Waals surface area contributed by atoms with Crippen LogP contribution in [0.1, 0.15) is 6.92 Å². The molecule has 0 saturated heterocycles. The third-order valence-electron chi connectivity index (χ3n) is 0.692. The van der Waals surface area contributed by atoms with E-state index in [4.69, 9.17) is 5.11 Å². The Labute approximate surface area is 65.9 Å². The van der Waals surface area contributed by atoms with Gasteiger partial charge < -0.3 is 0 Å². The molecule has 1 unspecified atom stereocenters. The Bertz CT molecular complexity index is 223. The first kappa shape index (κ1) is 9.91. The van der Waals surface area contributed by atoms with E-state index in [0.717, 1.165) is 0 Å². The fourth-order valence-electron chi connectivity index (χ4n) is 0.267. The predicted molar refractivity (Wildman–Crippen MR) is 29.2 cm³/mol. The molecule has 0 heterocycles. The first-order valence-electron chi connectivity index (χ1n) is 2.29. The van der Waals surface area contributed by atoms with Gasteiger partial charge in [-0.25, -0.2) is 0 Å². The number of rotatable bonds is 3. The van der Waals surface area contributed by atoms with Crippen molar-refractivity contribution < 1.29 is 33.5 Å². The molecule has 0 amide bonds. The molecule has 0 aliphatic carbocycles. The van der Waals surface area contributed by atoms with Crippen LogP contribution in [0, 0.1) is 0 Å². The van der Waals surface area contributed by atoms with E-state index in [2.05, 4.69) is 0 Å². The van der Waals surface area contributed by atoms with Gasteiger partial charge in [0.25, 0.3) is 0 Å². The van der Waals surface area contributed by atoms with Crippen LogP contribution in [0.4, 0.5) is 0 Å². The van der Waals surface area contributed by atoms with Crippen molar-refractivity contribution in [2.75, 3.05) is 0 Å². The van der Waals surface area contributed by atoms with Gasteiger partial charge in [0.05, 0.1) is 0 Å². The molecule has 0 bridgehead atoms. The second-order valence-corrected chi connectivity index (χ2v) is 4.83. The molecule has 0 aliphatic rings. The fraction of sp³-hybridized carbons (Fsp3) is 0.667. The van der Waals surface area contributed by atoms with Gasteiger partial charge in [-0.05, 0) is 0 Å². The zero-order valence-corrected chi connectivity index (χ0v) is 7.16. The van der Waals surface area contributed by atoms with Gasteiger partial charge in [-0.3, -0.25) is 0 Å². The van der Waals surface area contributed by atoms with Crippen LogP contribution in [0.25, 0.3) is 0 Å². The fourth-order valence-corrected chi connectivity index (χ4v) is 1.48. The number of hydrogen-bond donors (Lipinski definition) is 2. The average Bonchev–Trinajstić information content (AvgIpc) is 1.60. The molecule has 0 aromatic rings. The van der Waals surface area contributed by atoms with Gasteiger partial charge in [0.1, 0.15) is 0 Å². The Kier molecular flexibility index (Phi) is 3.32. The topological polar surface area (TPSA) is 83.5 Å². The van der Waals surface area contributed by atoms with E-state index in [1.807, 2.05) is 4.72 Å². The van der Waals surface area contributed by atoms with Gasteiger partial charge in [-0.1, -0.05) is 0 Å². The summed E-state index contributed by atoms with van der Waals surface area (Å²) in [4.78, 5) is 10.0. The van der Waals surface area contributed by atoms with Crippen LogP contribution in [-0.4, -0.2) is 25.5 Å². The predicted octanol–water partition coefficient (Wildman–Crippen LogP) is -1.16. The molecule has 0 aliphatic heterocycles.